The lowest BCUT2D eigenvalue weighted by Gasteiger charge is -2.25. The summed E-state index contributed by atoms with van der Waals surface area (Å²) in [7, 11) is 1.72. The third-order valence-electron chi connectivity index (χ3n) is 3.99. The summed E-state index contributed by atoms with van der Waals surface area (Å²) in [6.45, 7) is 8.03. The Balaban J connectivity index is 2.12. The molecule has 1 aliphatic rings. The van der Waals surface area contributed by atoms with Crippen LogP contribution in [-0.2, 0) is 9.53 Å². The number of hydrogen-bond donors (Lipinski definition) is 2. The van der Waals surface area contributed by atoms with Crippen LogP contribution < -0.4 is 10.6 Å². The lowest BCUT2D eigenvalue weighted by Crippen LogP contribution is -2.35. The highest BCUT2D eigenvalue weighted by molar-refractivity contribution is 5.75. The molecule has 0 bridgehead atoms. The van der Waals surface area contributed by atoms with Gasteiger partial charge in [0.15, 0.2) is 0 Å². The molecule has 1 heterocycles. The molecular weight excluding hydrogens is 240 g/mol. The number of piperidine rings is 1. The van der Waals surface area contributed by atoms with Crippen molar-refractivity contribution in [3.63, 3.8) is 0 Å². The average molecular weight is 270 g/mol. The van der Waals surface area contributed by atoms with Gasteiger partial charge in [-0.2, -0.15) is 0 Å². The smallest absolute Gasteiger partial charge is 0.220 e. The van der Waals surface area contributed by atoms with Crippen LogP contribution in [0.25, 0.3) is 0 Å². The molecule has 0 aliphatic carbocycles. The van der Waals surface area contributed by atoms with Gasteiger partial charge in [0, 0.05) is 26.7 Å². The summed E-state index contributed by atoms with van der Waals surface area (Å²) >= 11 is 0. The summed E-state index contributed by atoms with van der Waals surface area (Å²) in [6, 6.07) is 0. The second-order valence-corrected chi connectivity index (χ2v) is 6.42. The van der Waals surface area contributed by atoms with E-state index in [9.17, 15) is 4.79 Å². The van der Waals surface area contributed by atoms with E-state index in [1.807, 2.05) is 0 Å². The predicted octanol–water partition coefficient (Wildman–Crippen LogP) is 1.95. The lowest BCUT2D eigenvalue weighted by atomic mass is 9.89. The van der Waals surface area contributed by atoms with Crippen molar-refractivity contribution >= 4 is 5.91 Å². The number of carbonyl (C=O) groups is 1. The van der Waals surface area contributed by atoms with Crippen molar-refractivity contribution in [3.05, 3.63) is 0 Å². The number of ether oxygens (including phenoxy) is 1. The van der Waals surface area contributed by atoms with Crippen molar-refractivity contribution in [2.75, 3.05) is 33.4 Å². The molecule has 4 nitrogen and oxygen atoms in total. The van der Waals surface area contributed by atoms with Crippen LogP contribution in [0.4, 0.5) is 0 Å². The second-order valence-electron chi connectivity index (χ2n) is 6.42. The first-order chi connectivity index (χ1) is 9.03. The van der Waals surface area contributed by atoms with Gasteiger partial charge in [0.05, 0.1) is 0 Å². The number of methoxy groups -OCH3 is 1. The van der Waals surface area contributed by atoms with Crippen molar-refractivity contribution in [2.24, 2.45) is 11.3 Å². The Hall–Kier alpha value is -0.610. The molecule has 1 fully saturated rings. The Morgan fingerprint density at radius 3 is 2.68 bits per heavy atom. The van der Waals surface area contributed by atoms with Crippen molar-refractivity contribution < 1.29 is 9.53 Å². The van der Waals surface area contributed by atoms with Crippen molar-refractivity contribution in [2.45, 2.75) is 46.0 Å². The number of carbonyl (C=O) groups excluding carboxylic acids is 1. The van der Waals surface area contributed by atoms with Crippen LogP contribution in [0.3, 0.4) is 0 Å². The minimum absolute atomic E-state index is 0.112. The standard InChI is InChI=1S/C15H30N2O2/c1-15(2,8-11-19-3)12-17-14(18)5-4-13-6-9-16-10-7-13/h13,16H,4-12H2,1-3H3,(H,17,18). The Kier molecular flexibility index (Phi) is 7.39. The first-order valence-electron chi connectivity index (χ1n) is 7.50. The van der Waals surface area contributed by atoms with Gasteiger partial charge in [-0.25, -0.2) is 0 Å². The van der Waals surface area contributed by atoms with E-state index >= 15 is 0 Å². The van der Waals surface area contributed by atoms with Crippen LogP contribution in [0.1, 0.15) is 46.0 Å². The van der Waals surface area contributed by atoms with E-state index in [1.54, 1.807) is 7.11 Å². The second kappa shape index (κ2) is 8.54. The molecule has 1 aliphatic heterocycles. The lowest BCUT2D eigenvalue weighted by molar-refractivity contribution is -0.121. The SMILES string of the molecule is COCCC(C)(C)CNC(=O)CCC1CCNCC1. The molecule has 1 saturated heterocycles. The largest absolute Gasteiger partial charge is 0.385 e. The van der Waals surface area contributed by atoms with E-state index < -0.39 is 0 Å². The van der Waals surface area contributed by atoms with Gasteiger partial charge < -0.3 is 15.4 Å². The van der Waals surface area contributed by atoms with Gasteiger partial charge in [-0.3, -0.25) is 4.79 Å². The Labute approximate surface area is 117 Å². The molecular formula is C15H30N2O2. The average Bonchev–Trinajstić information content (AvgIpc) is 2.42. The zero-order chi connectivity index (χ0) is 14.1. The van der Waals surface area contributed by atoms with E-state index in [4.69, 9.17) is 4.74 Å². The van der Waals surface area contributed by atoms with Crippen LogP contribution in [0.15, 0.2) is 0 Å². The molecule has 0 aromatic rings. The van der Waals surface area contributed by atoms with Crippen LogP contribution >= 0.6 is 0 Å². The summed E-state index contributed by atoms with van der Waals surface area (Å²) in [5.74, 6) is 0.928. The van der Waals surface area contributed by atoms with Gasteiger partial charge >= 0.3 is 0 Å². The van der Waals surface area contributed by atoms with Gasteiger partial charge in [0.1, 0.15) is 0 Å². The van der Waals surface area contributed by atoms with E-state index in [1.165, 1.54) is 12.8 Å². The quantitative estimate of drug-likeness (QED) is 0.709. The maximum absolute atomic E-state index is 11.8. The molecule has 0 aromatic heterocycles. The first kappa shape index (κ1) is 16.4. The molecule has 2 N–H and O–H groups in total. The Morgan fingerprint density at radius 2 is 2.05 bits per heavy atom. The Bertz CT molecular complexity index is 261. The molecule has 4 heteroatoms. The van der Waals surface area contributed by atoms with Gasteiger partial charge in [-0.15, -0.1) is 0 Å². The highest BCUT2D eigenvalue weighted by Crippen LogP contribution is 2.20. The number of hydrogen-bond acceptors (Lipinski definition) is 3. The molecule has 0 unspecified atom stereocenters. The first-order valence-corrected chi connectivity index (χ1v) is 7.50. The number of nitrogens with one attached hydrogen (secondary N) is 2. The van der Waals surface area contributed by atoms with Gasteiger partial charge in [-0.1, -0.05) is 13.8 Å². The maximum Gasteiger partial charge on any atom is 0.220 e. The van der Waals surface area contributed by atoms with Crippen LogP contribution in [0, 0.1) is 11.3 Å². The van der Waals surface area contributed by atoms with Crippen LogP contribution in [-0.4, -0.2) is 39.3 Å². The van der Waals surface area contributed by atoms with E-state index in [2.05, 4.69) is 24.5 Å². The van der Waals surface area contributed by atoms with E-state index in [0.717, 1.165) is 45.0 Å². The molecule has 19 heavy (non-hydrogen) atoms. The summed E-state index contributed by atoms with van der Waals surface area (Å²) in [5, 5.41) is 6.42. The normalized spacial score (nSPS) is 17.4. The highest BCUT2D eigenvalue weighted by Gasteiger charge is 2.19. The van der Waals surface area contributed by atoms with Crippen molar-refractivity contribution in [1.29, 1.82) is 0 Å². The predicted molar refractivity (Wildman–Crippen MR) is 78.1 cm³/mol. The molecule has 0 spiro atoms. The maximum atomic E-state index is 11.8. The number of rotatable bonds is 8. The van der Waals surface area contributed by atoms with Crippen LogP contribution in [0.2, 0.25) is 0 Å². The van der Waals surface area contributed by atoms with Gasteiger partial charge in [0.2, 0.25) is 5.91 Å². The molecule has 1 rings (SSSR count). The zero-order valence-electron chi connectivity index (χ0n) is 12.8. The van der Waals surface area contributed by atoms with E-state index in [0.29, 0.717) is 6.42 Å². The molecule has 0 saturated carbocycles. The summed E-state index contributed by atoms with van der Waals surface area (Å²) in [6.07, 6.45) is 5.11. The molecule has 0 aromatic carbocycles. The van der Waals surface area contributed by atoms with Crippen molar-refractivity contribution in [1.82, 2.24) is 10.6 Å². The Morgan fingerprint density at radius 1 is 1.37 bits per heavy atom. The number of amides is 1. The minimum atomic E-state index is 0.112. The molecule has 112 valence electrons. The molecule has 0 atom stereocenters. The topological polar surface area (TPSA) is 50.4 Å². The molecule has 1 amide bonds. The fourth-order valence-corrected chi connectivity index (χ4v) is 2.40. The van der Waals surface area contributed by atoms with Crippen LogP contribution in [0.5, 0.6) is 0 Å². The third-order valence-corrected chi connectivity index (χ3v) is 3.99. The monoisotopic (exact) mass is 270 g/mol. The highest BCUT2D eigenvalue weighted by atomic mass is 16.5. The van der Waals surface area contributed by atoms with Gasteiger partial charge in [0.25, 0.3) is 0 Å². The molecule has 0 radical (unpaired) electrons. The van der Waals surface area contributed by atoms with Crippen molar-refractivity contribution in [3.8, 4) is 0 Å². The third kappa shape index (κ3) is 7.53. The summed E-state index contributed by atoms with van der Waals surface area (Å²) in [4.78, 5) is 11.8. The fraction of sp³-hybridized carbons (Fsp3) is 0.933. The summed E-state index contributed by atoms with van der Waals surface area (Å²) in [5.41, 5.74) is 0.112. The van der Waals surface area contributed by atoms with E-state index in [-0.39, 0.29) is 11.3 Å². The summed E-state index contributed by atoms with van der Waals surface area (Å²) < 4.78 is 5.09. The fourth-order valence-electron chi connectivity index (χ4n) is 2.40. The minimum Gasteiger partial charge on any atom is -0.385 e. The van der Waals surface area contributed by atoms with Gasteiger partial charge in [-0.05, 0) is 50.1 Å². The zero-order valence-corrected chi connectivity index (χ0v) is 12.8.